The summed E-state index contributed by atoms with van der Waals surface area (Å²) >= 11 is 0. The van der Waals surface area contributed by atoms with E-state index in [1.807, 2.05) is 25.7 Å². The fourth-order valence-electron chi connectivity index (χ4n) is 7.32. The number of amides is 2. The number of carbonyl (C=O) groups excluding carboxylic acids is 3. The lowest BCUT2D eigenvalue weighted by Crippen LogP contribution is -2.61. The molecule has 1 N–H and O–H groups in total. The summed E-state index contributed by atoms with van der Waals surface area (Å²) in [5, 5.41) is 10.3. The molecule has 2 bridgehead atoms. The second-order valence-corrected chi connectivity index (χ2v) is 11.3. The van der Waals surface area contributed by atoms with Gasteiger partial charge >= 0.3 is 5.97 Å². The van der Waals surface area contributed by atoms with Crippen molar-refractivity contribution in [2.75, 3.05) is 19.8 Å². The first-order chi connectivity index (χ1) is 16.7. The average molecular weight is 491 g/mol. The molecule has 1 saturated carbocycles. The Balaban J connectivity index is 1.81. The van der Waals surface area contributed by atoms with Gasteiger partial charge in [-0.1, -0.05) is 39.2 Å². The van der Waals surface area contributed by atoms with Gasteiger partial charge in [-0.05, 0) is 45.4 Å². The number of carbonyl (C=O) groups is 3. The summed E-state index contributed by atoms with van der Waals surface area (Å²) in [4.78, 5) is 45.2. The van der Waals surface area contributed by atoms with Crippen molar-refractivity contribution in [3.63, 3.8) is 0 Å². The smallest absolute Gasteiger partial charge is 0.312 e. The third kappa shape index (κ3) is 4.01. The van der Waals surface area contributed by atoms with Crippen LogP contribution in [0.2, 0.25) is 0 Å². The molecule has 0 aromatic carbocycles. The van der Waals surface area contributed by atoms with Crippen molar-refractivity contribution in [3.05, 3.63) is 12.7 Å². The number of aliphatic hydroxyl groups is 1. The molecule has 1 aliphatic carbocycles. The average Bonchev–Trinajstić information content (AvgIpc) is 3.39. The Morgan fingerprint density at radius 1 is 1.29 bits per heavy atom. The third-order valence-corrected chi connectivity index (χ3v) is 8.93. The molecule has 0 aromatic heterocycles. The lowest BCUT2D eigenvalue weighted by molar-refractivity contribution is -0.163. The molecule has 1 spiro atoms. The molecule has 0 radical (unpaired) electrons. The zero-order valence-electron chi connectivity index (χ0n) is 21.7. The Labute approximate surface area is 209 Å². The van der Waals surface area contributed by atoms with Crippen molar-refractivity contribution in [1.82, 2.24) is 9.80 Å². The lowest BCUT2D eigenvalue weighted by Gasteiger charge is -2.43. The molecule has 2 unspecified atom stereocenters. The van der Waals surface area contributed by atoms with Gasteiger partial charge in [0.15, 0.2) is 0 Å². The summed E-state index contributed by atoms with van der Waals surface area (Å²) in [5.74, 6) is -2.51. The van der Waals surface area contributed by atoms with Crippen LogP contribution in [0.3, 0.4) is 0 Å². The zero-order chi connectivity index (χ0) is 25.5. The molecule has 8 nitrogen and oxygen atoms in total. The van der Waals surface area contributed by atoms with Crippen molar-refractivity contribution in [2.45, 2.75) is 102 Å². The summed E-state index contributed by atoms with van der Waals surface area (Å²) in [7, 11) is 0. The summed E-state index contributed by atoms with van der Waals surface area (Å²) in [6.07, 6.45) is 7.98. The fraction of sp³-hybridized carbons (Fsp3) is 0.815. The second-order valence-electron chi connectivity index (χ2n) is 11.3. The van der Waals surface area contributed by atoms with Gasteiger partial charge in [0.2, 0.25) is 11.8 Å². The number of ether oxygens (including phenoxy) is 2. The Morgan fingerprint density at radius 3 is 2.54 bits per heavy atom. The second kappa shape index (κ2) is 9.85. The topological polar surface area (TPSA) is 96.4 Å². The van der Waals surface area contributed by atoms with Gasteiger partial charge in [0.1, 0.15) is 17.6 Å². The molecule has 35 heavy (non-hydrogen) atoms. The van der Waals surface area contributed by atoms with E-state index in [0.29, 0.717) is 19.4 Å². The van der Waals surface area contributed by atoms with Crippen LogP contribution in [0.4, 0.5) is 0 Å². The Bertz CT molecular complexity index is 855. The van der Waals surface area contributed by atoms with E-state index in [2.05, 4.69) is 6.58 Å². The number of hydrogen-bond donors (Lipinski definition) is 1. The van der Waals surface area contributed by atoms with Crippen molar-refractivity contribution in [2.24, 2.45) is 17.8 Å². The lowest BCUT2D eigenvalue weighted by atomic mass is 9.66. The van der Waals surface area contributed by atoms with Crippen molar-refractivity contribution < 1.29 is 29.0 Å². The quantitative estimate of drug-likeness (QED) is 0.394. The number of nitrogens with zero attached hydrogens (tertiary/aromatic N) is 2. The zero-order valence-corrected chi connectivity index (χ0v) is 21.7. The standard InChI is InChI=1S/C27H42N2O6/c1-6-15-28(18-11-9-8-10-12-18)24(32)22-27-14-13-26(5,35-27)21(25(33)34-7-2)20(27)23(31)29(22)19(16-30)17(3)4/h6,17-22,30H,1,7-16H2,2-5H3/t19-,20-,21-,22?,26+,27?/m0/s1. The summed E-state index contributed by atoms with van der Waals surface area (Å²) < 4.78 is 12.1. The van der Waals surface area contributed by atoms with Crippen molar-refractivity contribution in [3.8, 4) is 0 Å². The van der Waals surface area contributed by atoms with E-state index in [4.69, 9.17) is 9.47 Å². The molecule has 8 heteroatoms. The van der Waals surface area contributed by atoms with Crippen LogP contribution in [0.5, 0.6) is 0 Å². The van der Waals surface area contributed by atoms with E-state index < -0.39 is 41.1 Å². The number of aliphatic hydroxyl groups excluding tert-OH is 1. The van der Waals surface area contributed by atoms with Gasteiger partial charge in [-0.2, -0.15) is 0 Å². The molecular weight excluding hydrogens is 448 g/mol. The number of esters is 1. The molecule has 4 aliphatic rings. The summed E-state index contributed by atoms with van der Waals surface area (Å²) in [6, 6.07) is -1.35. The summed E-state index contributed by atoms with van der Waals surface area (Å²) in [5.41, 5.74) is -1.95. The Morgan fingerprint density at radius 2 is 1.97 bits per heavy atom. The minimum atomic E-state index is -1.10. The van der Waals surface area contributed by atoms with Gasteiger partial charge in [-0.25, -0.2) is 0 Å². The van der Waals surface area contributed by atoms with Crippen molar-refractivity contribution in [1.29, 1.82) is 0 Å². The highest BCUT2D eigenvalue weighted by atomic mass is 16.6. The van der Waals surface area contributed by atoms with Crippen molar-refractivity contribution >= 4 is 17.8 Å². The Kier molecular flexibility index (Phi) is 7.36. The minimum Gasteiger partial charge on any atom is -0.466 e. The molecule has 3 saturated heterocycles. The van der Waals surface area contributed by atoms with E-state index in [9.17, 15) is 19.5 Å². The van der Waals surface area contributed by atoms with Crippen LogP contribution in [0.15, 0.2) is 12.7 Å². The predicted octanol–water partition coefficient (Wildman–Crippen LogP) is 2.68. The van der Waals surface area contributed by atoms with Crippen LogP contribution in [0.25, 0.3) is 0 Å². The first-order valence-corrected chi connectivity index (χ1v) is 13.4. The van der Waals surface area contributed by atoms with E-state index in [-0.39, 0.29) is 37.0 Å². The van der Waals surface area contributed by atoms with Gasteiger partial charge in [0, 0.05) is 12.6 Å². The number of fused-ring (bicyclic) bond motifs is 1. The number of likely N-dealkylation sites (tertiary alicyclic amines) is 1. The number of rotatable bonds is 9. The van der Waals surface area contributed by atoms with E-state index in [1.54, 1.807) is 17.9 Å². The molecule has 6 atom stereocenters. The maximum atomic E-state index is 14.5. The summed E-state index contributed by atoms with van der Waals surface area (Å²) in [6.45, 7) is 11.7. The van der Waals surface area contributed by atoms with Crippen LogP contribution < -0.4 is 0 Å². The fourth-order valence-corrected chi connectivity index (χ4v) is 7.32. The molecule has 196 valence electrons. The highest BCUT2D eigenvalue weighted by Crippen LogP contribution is 2.64. The first-order valence-electron chi connectivity index (χ1n) is 13.4. The highest BCUT2D eigenvalue weighted by molar-refractivity contribution is 5.98. The van der Waals surface area contributed by atoms with Gasteiger partial charge < -0.3 is 24.4 Å². The normalized spacial score (nSPS) is 35.3. The third-order valence-electron chi connectivity index (χ3n) is 8.93. The first kappa shape index (κ1) is 26.1. The van der Waals surface area contributed by atoms with Gasteiger partial charge in [0.05, 0.1) is 30.8 Å². The predicted molar refractivity (Wildman–Crippen MR) is 130 cm³/mol. The van der Waals surface area contributed by atoms with Crippen LogP contribution in [-0.2, 0) is 23.9 Å². The monoisotopic (exact) mass is 490 g/mol. The van der Waals surface area contributed by atoms with E-state index in [1.165, 1.54) is 0 Å². The largest absolute Gasteiger partial charge is 0.466 e. The van der Waals surface area contributed by atoms with Gasteiger partial charge in [0.25, 0.3) is 0 Å². The molecule has 4 fully saturated rings. The SMILES string of the molecule is C=CCN(C(=O)C1N([C@@H](CO)C(C)C)C(=O)[C@@H]2[C@@H](C(=O)OCC)[C@@]3(C)CCC12O3)C1CCCCC1. The molecule has 3 heterocycles. The molecule has 4 rings (SSSR count). The van der Waals surface area contributed by atoms with Crippen LogP contribution in [0, 0.1) is 17.8 Å². The van der Waals surface area contributed by atoms with Gasteiger partial charge in [-0.3, -0.25) is 14.4 Å². The maximum absolute atomic E-state index is 14.5. The minimum absolute atomic E-state index is 0.0779. The molecule has 0 aromatic rings. The highest BCUT2D eigenvalue weighted by Gasteiger charge is 2.79. The number of hydrogen-bond acceptors (Lipinski definition) is 6. The maximum Gasteiger partial charge on any atom is 0.312 e. The van der Waals surface area contributed by atoms with Crippen LogP contribution >= 0.6 is 0 Å². The van der Waals surface area contributed by atoms with Crippen LogP contribution in [0.1, 0.15) is 72.6 Å². The van der Waals surface area contributed by atoms with E-state index >= 15 is 0 Å². The van der Waals surface area contributed by atoms with Crippen LogP contribution in [-0.4, -0.2) is 81.8 Å². The molecule has 3 aliphatic heterocycles. The van der Waals surface area contributed by atoms with Gasteiger partial charge in [-0.15, -0.1) is 6.58 Å². The molecular formula is C27H42N2O6. The molecule has 2 amide bonds. The Hall–Kier alpha value is -1.93. The van der Waals surface area contributed by atoms with E-state index in [0.717, 1.165) is 32.1 Å².